The van der Waals surface area contributed by atoms with Crippen molar-refractivity contribution in [1.29, 1.82) is 0 Å². The predicted molar refractivity (Wildman–Crippen MR) is 61.2 cm³/mol. The molecule has 1 heterocycles. The minimum atomic E-state index is 0.670. The number of nitrogens with zero attached hydrogens (tertiary/aromatic N) is 1. The van der Waals surface area contributed by atoms with Crippen LogP contribution in [-0.2, 0) is 0 Å². The summed E-state index contributed by atoms with van der Waals surface area (Å²) < 4.78 is 5.06. The average molecular weight is 206 g/mol. The van der Waals surface area contributed by atoms with E-state index in [0.717, 1.165) is 18.3 Å². The maximum Gasteiger partial charge on any atom is 0.214 e. The minimum absolute atomic E-state index is 0.670. The maximum absolute atomic E-state index is 5.06. The van der Waals surface area contributed by atoms with Gasteiger partial charge in [-0.25, -0.2) is 0 Å². The largest absolute Gasteiger partial charge is 0.481 e. The van der Waals surface area contributed by atoms with Crippen LogP contribution in [0.25, 0.3) is 0 Å². The van der Waals surface area contributed by atoms with Gasteiger partial charge in [0.15, 0.2) is 0 Å². The molecule has 1 aromatic heterocycles. The molecule has 82 valence electrons. The molecule has 1 fully saturated rings. The fourth-order valence-electron chi connectivity index (χ4n) is 1.81. The first-order chi connectivity index (χ1) is 7.38. The highest BCUT2D eigenvalue weighted by atomic mass is 16.5. The van der Waals surface area contributed by atoms with E-state index in [2.05, 4.69) is 10.3 Å². The van der Waals surface area contributed by atoms with Crippen LogP contribution in [0.2, 0.25) is 0 Å². The first-order valence-corrected chi connectivity index (χ1v) is 5.63. The van der Waals surface area contributed by atoms with Crippen molar-refractivity contribution in [3.63, 3.8) is 0 Å². The topological polar surface area (TPSA) is 34.1 Å². The van der Waals surface area contributed by atoms with Gasteiger partial charge in [-0.15, -0.1) is 0 Å². The molecule has 1 aliphatic carbocycles. The Hall–Kier alpha value is -1.25. The molecule has 1 aromatic rings. The van der Waals surface area contributed by atoms with Crippen LogP contribution in [0.3, 0.4) is 0 Å². The SMILES string of the molecule is COc1cccc(NCCC2CCC2)n1. The summed E-state index contributed by atoms with van der Waals surface area (Å²) in [5, 5.41) is 3.33. The number of hydrogen-bond donors (Lipinski definition) is 1. The Kier molecular flexibility index (Phi) is 3.43. The molecule has 0 saturated heterocycles. The number of pyridine rings is 1. The lowest BCUT2D eigenvalue weighted by Gasteiger charge is -2.25. The van der Waals surface area contributed by atoms with Gasteiger partial charge >= 0.3 is 0 Å². The van der Waals surface area contributed by atoms with Gasteiger partial charge in [-0.2, -0.15) is 4.98 Å². The summed E-state index contributed by atoms with van der Waals surface area (Å²) in [5.41, 5.74) is 0. The lowest BCUT2D eigenvalue weighted by atomic mass is 9.83. The van der Waals surface area contributed by atoms with Crippen molar-refractivity contribution in [2.24, 2.45) is 5.92 Å². The predicted octanol–water partition coefficient (Wildman–Crippen LogP) is 2.69. The van der Waals surface area contributed by atoms with Crippen LogP contribution >= 0.6 is 0 Å². The van der Waals surface area contributed by atoms with Crippen molar-refractivity contribution >= 4 is 5.82 Å². The average Bonchev–Trinajstić information content (AvgIpc) is 2.22. The van der Waals surface area contributed by atoms with E-state index in [0.29, 0.717) is 5.88 Å². The zero-order valence-corrected chi connectivity index (χ0v) is 9.20. The monoisotopic (exact) mass is 206 g/mol. The van der Waals surface area contributed by atoms with E-state index in [9.17, 15) is 0 Å². The first kappa shape index (κ1) is 10.3. The summed E-state index contributed by atoms with van der Waals surface area (Å²) in [6, 6.07) is 5.79. The third-order valence-corrected chi connectivity index (χ3v) is 3.02. The Bertz CT molecular complexity index is 310. The number of aromatic nitrogens is 1. The molecule has 0 aromatic carbocycles. The van der Waals surface area contributed by atoms with Crippen LogP contribution in [0.1, 0.15) is 25.7 Å². The fourth-order valence-corrected chi connectivity index (χ4v) is 1.81. The summed E-state index contributed by atoms with van der Waals surface area (Å²) in [6.07, 6.45) is 5.50. The van der Waals surface area contributed by atoms with Crippen LogP contribution < -0.4 is 10.1 Å². The third-order valence-electron chi connectivity index (χ3n) is 3.02. The van der Waals surface area contributed by atoms with Crippen molar-refractivity contribution in [2.45, 2.75) is 25.7 Å². The van der Waals surface area contributed by atoms with E-state index in [1.54, 1.807) is 7.11 Å². The first-order valence-electron chi connectivity index (χ1n) is 5.63. The van der Waals surface area contributed by atoms with Crippen LogP contribution in [0.5, 0.6) is 5.88 Å². The number of ether oxygens (including phenoxy) is 1. The molecule has 0 radical (unpaired) electrons. The van der Waals surface area contributed by atoms with Crippen molar-refractivity contribution in [1.82, 2.24) is 4.98 Å². The molecule has 3 nitrogen and oxygen atoms in total. The number of anilines is 1. The van der Waals surface area contributed by atoms with Gasteiger partial charge in [-0.3, -0.25) is 0 Å². The molecule has 2 rings (SSSR count). The van der Waals surface area contributed by atoms with E-state index < -0.39 is 0 Å². The molecular weight excluding hydrogens is 188 g/mol. The van der Waals surface area contributed by atoms with E-state index in [1.165, 1.54) is 25.7 Å². The van der Waals surface area contributed by atoms with Gasteiger partial charge in [-0.1, -0.05) is 25.3 Å². The van der Waals surface area contributed by atoms with Crippen LogP contribution in [-0.4, -0.2) is 18.6 Å². The Balaban J connectivity index is 1.76. The van der Waals surface area contributed by atoms with E-state index in [1.807, 2.05) is 18.2 Å². The Morgan fingerprint density at radius 1 is 1.47 bits per heavy atom. The molecule has 0 amide bonds. The van der Waals surface area contributed by atoms with E-state index in [4.69, 9.17) is 4.74 Å². The highest BCUT2D eigenvalue weighted by Crippen LogP contribution is 2.29. The second kappa shape index (κ2) is 5.01. The third kappa shape index (κ3) is 2.85. The summed E-state index contributed by atoms with van der Waals surface area (Å²) in [7, 11) is 1.64. The van der Waals surface area contributed by atoms with Gasteiger partial charge in [0.1, 0.15) is 5.82 Å². The molecular formula is C12H18N2O. The standard InChI is InChI=1S/C12H18N2O/c1-15-12-7-3-6-11(14-12)13-9-8-10-4-2-5-10/h3,6-7,10H,2,4-5,8-9H2,1H3,(H,13,14). The van der Waals surface area contributed by atoms with Crippen molar-refractivity contribution < 1.29 is 4.74 Å². The molecule has 0 aliphatic heterocycles. The molecule has 3 heteroatoms. The smallest absolute Gasteiger partial charge is 0.214 e. The van der Waals surface area contributed by atoms with Gasteiger partial charge < -0.3 is 10.1 Å². The number of rotatable bonds is 5. The van der Waals surface area contributed by atoms with Gasteiger partial charge in [0.25, 0.3) is 0 Å². The Labute approximate surface area is 90.9 Å². The summed E-state index contributed by atoms with van der Waals surface area (Å²) in [6.45, 7) is 1.02. The molecule has 1 aliphatic rings. The lowest BCUT2D eigenvalue weighted by Crippen LogP contribution is -2.15. The number of methoxy groups -OCH3 is 1. The quantitative estimate of drug-likeness (QED) is 0.804. The number of hydrogen-bond acceptors (Lipinski definition) is 3. The highest BCUT2D eigenvalue weighted by molar-refractivity contribution is 5.36. The van der Waals surface area contributed by atoms with Crippen molar-refractivity contribution in [2.75, 3.05) is 19.0 Å². The van der Waals surface area contributed by atoms with Gasteiger partial charge in [0.05, 0.1) is 7.11 Å². The molecule has 0 bridgehead atoms. The van der Waals surface area contributed by atoms with Crippen LogP contribution in [0.4, 0.5) is 5.82 Å². The molecule has 0 unspecified atom stereocenters. The van der Waals surface area contributed by atoms with Gasteiger partial charge in [0, 0.05) is 12.6 Å². The second-order valence-corrected chi connectivity index (χ2v) is 4.08. The highest BCUT2D eigenvalue weighted by Gasteiger charge is 2.16. The minimum Gasteiger partial charge on any atom is -0.481 e. The molecule has 1 N–H and O–H groups in total. The normalized spacial score (nSPS) is 15.8. The second-order valence-electron chi connectivity index (χ2n) is 4.08. The molecule has 0 atom stereocenters. The van der Waals surface area contributed by atoms with Crippen LogP contribution in [0.15, 0.2) is 18.2 Å². The Morgan fingerprint density at radius 3 is 3.00 bits per heavy atom. The zero-order chi connectivity index (χ0) is 10.5. The molecule has 15 heavy (non-hydrogen) atoms. The van der Waals surface area contributed by atoms with E-state index >= 15 is 0 Å². The maximum atomic E-state index is 5.06. The lowest BCUT2D eigenvalue weighted by molar-refractivity contribution is 0.303. The number of nitrogens with one attached hydrogen (secondary N) is 1. The van der Waals surface area contributed by atoms with Gasteiger partial charge in [0.2, 0.25) is 5.88 Å². The summed E-state index contributed by atoms with van der Waals surface area (Å²) in [4.78, 5) is 4.30. The molecule has 1 saturated carbocycles. The summed E-state index contributed by atoms with van der Waals surface area (Å²) >= 11 is 0. The zero-order valence-electron chi connectivity index (χ0n) is 9.20. The molecule has 0 spiro atoms. The Morgan fingerprint density at radius 2 is 2.33 bits per heavy atom. The fraction of sp³-hybridized carbons (Fsp3) is 0.583. The van der Waals surface area contributed by atoms with Crippen molar-refractivity contribution in [3.05, 3.63) is 18.2 Å². The van der Waals surface area contributed by atoms with Crippen molar-refractivity contribution in [3.8, 4) is 5.88 Å². The van der Waals surface area contributed by atoms with Crippen LogP contribution in [0, 0.1) is 5.92 Å². The summed E-state index contributed by atoms with van der Waals surface area (Å²) in [5.74, 6) is 2.53. The van der Waals surface area contributed by atoms with Gasteiger partial charge in [-0.05, 0) is 18.4 Å². The van der Waals surface area contributed by atoms with E-state index in [-0.39, 0.29) is 0 Å².